The van der Waals surface area contributed by atoms with Gasteiger partial charge in [-0.1, -0.05) is 37.3 Å². The molecule has 23 heavy (non-hydrogen) atoms. The first-order chi connectivity index (χ1) is 11.3. The lowest BCUT2D eigenvalue weighted by Gasteiger charge is -2.36. The molecule has 5 nitrogen and oxygen atoms in total. The third-order valence-electron chi connectivity index (χ3n) is 4.03. The van der Waals surface area contributed by atoms with E-state index in [2.05, 4.69) is 45.2 Å². The van der Waals surface area contributed by atoms with E-state index in [1.165, 1.54) is 5.56 Å². The summed E-state index contributed by atoms with van der Waals surface area (Å²) in [5.74, 6) is 1.54. The molecule has 1 fully saturated rings. The van der Waals surface area contributed by atoms with Crippen molar-refractivity contribution in [2.75, 3.05) is 24.7 Å². The summed E-state index contributed by atoms with van der Waals surface area (Å²) in [7, 11) is 0. The molecule has 1 aromatic carbocycles. The van der Waals surface area contributed by atoms with E-state index < -0.39 is 0 Å². The number of benzene rings is 1. The van der Waals surface area contributed by atoms with E-state index in [-0.39, 0.29) is 6.04 Å². The highest BCUT2D eigenvalue weighted by atomic mass is 16.5. The Balaban J connectivity index is 1.88. The number of anilines is 1. The Morgan fingerprint density at radius 2 is 2.13 bits per heavy atom. The fourth-order valence-corrected chi connectivity index (χ4v) is 2.86. The van der Waals surface area contributed by atoms with E-state index in [1.54, 1.807) is 6.07 Å². The summed E-state index contributed by atoms with van der Waals surface area (Å²) in [6, 6.07) is 14.5. The smallest absolute Gasteiger partial charge is 0.146 e. The van der Waals surface area contributed by atoms with Crippen molar-refractivity contribution in [2.24, 2.45) is 0 Å². The number of hydrogen-bond acceptors (Lipinski definition) is 5. The van der Waals surface area contributed by atoms with Crippen LogP contribution >= 0.6 is 0 Å². The monoisotopic (exact) mass is 308 g/mol. The van der Waals surface area contributed by atoms with Gasteiger partial charge in [0.2, 0.25) is 0 Å². The predicted octanol–water partition coefficient (Wildman–Crippen LogP) is 2.36. The number of nitriles is 1. The average Bonchev–Trinajstić information content (AvgIpc) is 2.62. The van der Waals surface area contributed by atoms with Crippen LogP contribution in [0.3, 0.4) is 0 Å². The molecule has 5 heteroatoms. The third-order valence-corrected chi connectivity index (χ3v) is 4.03. The third kappa shape index (κ3) is 3.66. The second-order valence-corrected chi connectivity index (χ2v) is 5.60. The quantitative estimate of drug-likeness (QED) is 0.867. The van der Waals surface area contributed by atoms with Gasteiger partial charge in [-0.15, -0.1) is 0 Å². The fraction of sp³-hybridized carbons (Fsp3) is 0.389. The van der Waals surface area contributed by atoms with Crippen LogP contribution < -0.4 is 4.90 Å². The molecule has 1 atom stereocenters. The van der Waals surface area contributed by atoms with Gasteiger partial charge in [-0.25, -0.2) is 9.97 Å². The van der Waals surface area contributed by atoms with E-state index in [9.17, 15) is 5.26 Å². The van der Waals surface area contributed by atoms with E-state index in [1.807, 2.05) is 13.0 Å². The largest absolute Gasteiger partial charge is 0.377 e. The van der Waals surface area contributed by atoms with Crippen molar-refractivity contribution >= 4 is 5.82 Å². The normalized spacial score (nSPS) is 17.7. The Morgan fingerprint density at radius 3 is 2.87 bits per heavy atom. The first-order valence-electron chi connectivity index (χ1n) is 7.96. The SMILES string of the molecule is CCc1nc(C#N)cc(N2CCOC[C@H]2Cc2ccccc2)n1. The Labute approximate surface area is 136 Å². The van der Waals surface area contributed by atoms with Crippen LogP contribution in [0.25, 0.3) is 0 Å². The standard InChI is InChI=1S/C18H20N4O/c1-2-17-20-15(12-19)11-18(21-17)22-8-9-23-13-16(22)10-14-6-4-3-5-7-14/h3-7,11,16H,2,8-10,13H2,1H3/t16-/m1/s1. The minimum absolute atomic E-state index is 0.220. The average molecular weight is 308 g/mol. The number of aromatic nitrogens is 2. The lowest BCUT2D eigenvalue weighted by Crippen LogP contribution is -2.47. The minimum Gasteiger partial charge on any atom is -0.377 e. The molecule has 0 spiro atoms. The highest BCUT2D eigenvalue weighted by molar-refractivity contribution is 5.45. The lowest BCUT2D eigenvalue weighted by molar-refractivity contribution is 0.0936. The van der Waals surface area contributed by atoms with Gasteiger partial charge in [-0.05, 0) is 12.0 Å². The maximum Gasteiger partial charge on any atom is 0.146 e. The zero-order chi connectivity index (χ0) is 16.1. The van der Waals surface area contributed by atoms with Crippen LogP contribution in [0.15, 0.2) is 36.4 Å². The highest BCUT2D eigenvalue weighted by Crippen LogP contribution is 2.21. The fourth-order valence-electron chi connectivity index (χ4n) is 2.86. The van der Waals surface area contributed by atoms with Crippen LogP contribution in [0.5, 0.6) is 0 Å². The van der Waals surface area contributed by atoms with Crippen LogP contribution in [0.1, 0.15) is 24.0 Å². The molecule has 118 valence electrons. The van der Waals surface area contributed by atoms with Gasteiger partial charge in [-0.2, -0.15) is 5.26 Å². The number of morpholine rings is 1. The molecule has 0 radical (unpaired) electrons. The molecule has 0 unspecified atom stereocenters. The summed E-state index contributed by atoms with van der Waals surface area (Å²) < 4.78 is 5.67. The van der Waals surface area contributed by atoms with Crippen molar-refractivity contribution in [3.05, 3.63) is 53.5 Å². The summed E-state index contributed by atoms with van der Waals surface area (Å²) in [5.41, 5.74) is 1.70. The van der Waals surface area contributed by atoms with Gasteiger partial charge in [0.1, 0.15) is 23.4 Å². The zero-order valence-corrected chi connectivity index (χ0v) is 13.3. The molecule has 0 saturated carbocycles. The molecule has 3 rings (SSSR count). The van der Waals surface area contributed by atoms with Crippen LogP contribution in [0.2, 0.25) is 0 Å². The molecule has 1 aliphatic rings. The van der Waals surface area contributed by atoms with Gasteiger partial charge in [0.05, 0.1) is 19.3 Å². The summed E-state index contributed by atoms with van der Waals surface area (Å²) in [5, 5.41) is 9.20. The number of aryl methyl sites for hydroxylation is 1. The van der Waals surface area contributed by atoms with Crippen molar-refractivity contribution in [1.82, 2.24) is 9.97 Å². The Morgan fingerprint density at radius 1 is 1.30 bits per heavy atom. The topological polar surface area (TPSA) is 62.0 Å². The minimum atomic E-state index is 0.220. The van der Waals surface area contributed by atoms with Crippen LogP contribution in [-0.2, 0) is 17.6 Å². The second-order valence-electron chi connectivity index (χ2n) is 5.60. The molecule has 1 aromatic heterocycles. The van der Waals surface area contributed by atoms with Crippen LogP contribution in [0, 0.1) is 11.3 Å². The number of ether oxygens (including phenoxy) is 1. The van der Waals surface area contributed by atoms with E-state index in [0.29, 0.717) is 24.7 Å². The summed E-state index contributed by atoms with van der Waals surface area (Å²) >= 11 is 0. The Hall–Kier alpha value is -2.45. The molecule has 0 bridgehead atoms. The molecule has 1 saturated heterocycles. The van der Waals surface area contributed by atoms with Gasteiger partial charge in [-0.3, -0.25) is 0 Å². The van der Waals surface area contributed by atoms with Gasteiger partial charge < -0.3 is 9.64 Å². The van der Waals surface area contributed by atoms with Crippen molar-refractivity contribution in [3.8, 4) is 6.07 Å². The number of hydrogen-bond donors (Lipinski definition) is 0. The van der Waals surface area contributed by atoms with Crippen molar-refractivity contribution in [1.29, 1.82) is 5.26 Å². The molecule has 2 heterocycles. The number of rotatable bonds is 4. The van der Waals surface area contributed by atoms with E-state index in [4.69, 9.17) is 4.74 Å². The lowest BCUT2D eigenvalue weighted by atomic mass is 10.0. The van der Waals surface area contributed by atoms with Crippen LogP contribution in [-0.4, -0.2) is 35.8 Å². The van der Waals surface area contributed by atoms with Gasteiger partial charge in [0.25, 0.3) is 0 Å². The molecular weight excluding hydrogens is 288 g/mol. The van der Waals surface area contributed by atoms with Gasteiger partial charge in [0.15, 0.2) is 0 Å². The van der Waals surface area contributed by atoms with E-state index >= 15 is 0 Å². The summed E-state index contributed by atoms with van der Waals surface area (Å²) in [6.07, 6.45) is 1.62. The maximum absolute atomic E-state index is 9.20. The number of nitrogens with zero attached hydrogens (tertiary/aromatic N) is 4. The Bertz CT molecular complexity index is 696. The van der Waals surface area contributed by atoms with Crippen molar-refractivity contribution in [3.63, 3.8) is 0 Å². The molecule has 2 aromatic rings. The van der Waals surface area contributed by atoms with Gasteiger partial charge in [0, 0.05) is 19.0 Å². The van der Waals surface area contributed by atoms with Gasteiger partial charge >= 0.3 is 0 Å². The summed E-state index contributed by atoms with van der Waals surface area (Å²) in [4.78, 5) is 11.1. The maximum atomic E-state index is 9.20. The molecular formula is C18H20N4O. The summed E-state index contributed by atoms with van der Waals surface area (Å²) in [6.45, 7) is 4.13. The van der Waals surface area contributed by atoms with E-state index in [0.717, 1.165) is 25.2 Å². The van der Waals surface area contributed by atoms with Crippen LogP contribution in [0.4, 0.5) is 5.82 Å². The highest BCUT2D eigenvalue weighted by Gasteiger charge is 2.25. The Kier molecular flexibility index (Phi) is 4.84. The van der Waals surface area contributed by atoms with Crippen molar-refractivity contribution in [2.45, 2.75) is 25.8 Å². The first-order valence-corrected chi connectivity index (χ1v) is 7.96. The molecule has 0 N–H and O–H groups in total. The predicted molar refractivity (Wildman–Crippen MR) is 88.2 cm³/mol. The second kappa shape index (κ2) is 7.21. The first kappa shape index (κ1) is 15.4. The molecule has 1 aliphatic heterocycles. The molecule has 0 aliphatic carbocycles. The van der Waals surface area contributed by atoms with Crippen molar-refractivity contribution < 1.29 is 4.74 Å². The zero-order valence-electron chi connectivity index (χ0n) is 13.3. The molecule has 0 amide bonds.